The molecule has 0 amide bonds. The highest BCUT2D eigenvalue weighted by atomic mass is 127. The fourth-order valence-electron chi connectivity index (χ4n) is 5.55. The molecule has 2 aliphatic carbocycles. The second-order valence-corrected chi connectivity index (χ2v) is 12.8. The molecule has 0 aliphatic heterocycles. The first-order valence-corrected chi connectivity index (χ1v) is 13.9. The summed E-state index contributed by atoms with van der Waals surface area (Å²) in [7, 11) is -0.0808. The van der Waals surface area contributed by atoms with Gasteiger partial charge in [0.15, 0.2) is 0 Å². The van der Waals surface area contributed by atoms with E-state index in [2.05, 4.69) is 72.8 Å². The van der Waals surface area contributed by atoms with Crippen LogP contribution < -0.4 is 5.30 Å². The molecule has 2 fully saturated rings. The highest BCUT2D eigenvalue weighted by molar-refractivity contribution is 14.1. The number of rotatable bonds is 4. The fourth-order valence-corrected chi connectivity index (χ4v) is 10.5. The number of halogens is 1. The Balaban J connectivity index is 1.85. The second kappa shape index (κ2) is 9.61. The zero-order valence-corrected chi connectivity index (χ0v) is 20.6. The maximum absolute atomic E-state index is 2.56. The van der Waals surface area contributed by atoms with Crippen molar-refractivity contribution in [3.05, 3.63) is 51.1 Å². The standard InChI is InChI=1S/C26H34IP/c1-19-11-9-17-23(27)25(19)26-20(2)12-10-18-24(26)28(21-13-5-3-6-14-21)22-15-7-4-8-16-22/h9-12,17-18,21-22H,3-8,13-16H2,1-2H3. The van der Waals surface area contributed by atoms with E-state index >= 15 is 0 Å². The molecular formula is C26H34IP. The third kappa shape index (κ3) is 4.36. The third-order valence-corrected chi connectivity index (χ3v) is 11.4. The van der Waals surface area contributed by atoms with E-state index in [1.54, 1.807) is 10.9 Å². The van der Waals surface area contributed by atoms with Crippen LogP contribution in [0.4, 0.5) is 0 Å². The molecule has 150 valence electrons. The van der Waals surface area contributed by atoms with E-state index in [9.17, 15) is 0 Å². The quantitative estimate of drug-likeness (QED) is 0.290. The van der Waals surface area contributed by atoms with Crippen molar-refractivity contribution >= 4 is 35.8 Å². The molecule has 0 unspecified atom stereocenters. The smallest absolute Gasteiger partial charge is 0.0211 e. The first-order chi connectivity index (χ1) is 13.7. The maximum atomic E-state index is 2.56. The molecule has 0 N–H and O–H groups in total. The molecule has 0 radical (unpaired) electrons. The van der Waals surface area contributed by atoms with E-state index in [0.29, 0.717) is 0 Å². The minimum Gasteiger partial charge on any atom is -0.0683 e. The molecule has 2 heteroatoms. The zero-order chi connectivity index (χ0) is 19.5. The van der Waals surface area contributed by atoms with Crippen LogP contribution >= 0.6 is 30.5 Å². The van der Waals surface area contributed by atoms with Crippen LogP contribution in [-0.4, -0.2) is 11.3 Å². The lowest BCUT2D eigenvalue weighted by molar-refractivity contribution is 0.487. The average molecular weight is 504 g/mol. The van der Waals surface area contributed by atoms with Crippen LogP contribution in [0.25, 0.3) is 11.1 Å². The number of benzene rings is 2. The third-order valence-electron chi connectivity index (χ3n) is 6.94. The van der Waals surface area contributed by atoms with Crippen LogP contribution in [0, 0.1) is 17.4 Å². The van der Waals surface area contributed by atoms with Gasteiger partial charge in [-0.15, -0.1) is 0 Å². The first kappa shape index (κ1) is 20.9. The molecule has 0 nitrogen and oxygen atoms in total. The van der Waals surface area contributed by atoms with Gasteiger partial charge in [0.2, 0.25) is 0 Å². The van der Waals surface area contributed by atoms with Crippen molar-refractivity contribution in [3.63, 3.8) is 0 Å². The van der Waals surface area contributed by atoms with Gasteiger partial charge in [-0.25, -0.2) is 0 Å². The Bertz CT molecular complexity index is 762. The lowest BCUT2D eigenvalue weighted by Crippen LogP contribution is -2.27. The second-order valence-electron chi connectivity index (χ2n) is 8.89. The highest BCUT2D eigenvalue weighted by Gasteiger charge is 2.34. The average Bonchev–Trinajstić information content (AvgIpc) is 2.71. The van der Waals surface area contributed by atoms with E-state index in [0.717, 1.165) is 11.3 Å². The summed E-state index contributed by atoms with van der Waals surface area (Å²) < 4.78 is 1.41. The van der Waals surface area contributed by atoms with Crippen LogP contribution in [0.5, 0.6) is 0 Å². The van der Waals surface area contributed by atoms with Crippen molar-refractivity contribution in [2.45, 2.75) is 89.4 Å². The first-order valence-electron chi connectivity index (χ1n) is 11.3. The van der Waals surface area contributed by atoms with Crippen molar-refractivity contribution in [2.24, 2.45) is 0 Å². The summed E-state index contributed by atoms with van der Waals surface area (Å²) in [5.74, 6) is 0. The predicted molar refractivity (Wildman–Crippen MR) is 134 cm³/mol. The lowest BCUT2D eigenvalue weighted by atomic mass is 9.96. The van der Waals surface area contributed by atoms with Crippen molar-refractivity contribution in [1.82, 2.24) is 0 Å². The Kier molecular flexibility index (Phi) is 7.16. The summed E-state index contributed by atoms with van der Waals surface area (Å²) >= 11 is 2.56. The summed E-state index contributed by atoms with van der Waals surface area (Å²) in [6, 6.07) is 14.0. The van der Waals surface area contributed by atoms with Gasteiger partial charge < -0.3 is 0 Å². The summed E-state index contributed by atoms with van der Waals surface area (Å²) in [4.78, 5) is 0. The van der Waals surface area contributed by atoms with Gasteiger partial charge in [-0.3, -0.25) is 0 Å². The molecule has 0 atom stereocenters. The monoisotopic (exact) mass is 504 g/mol. The van der Waals surface area contributed by atoms with Gasteiger partial charge >= 0.3 is 0 Å². The molecule has 0 saturated heterocycles. The lowest BCUT2D eigenvalue weighted by Gasteiger charge is -2.40. The van der Waals surface area contributed by atoms with E-state index in [1.165, 1.54) is 84.5 Å². The molecule has 0 aromatic heterocycles. The summed E-state index contributed by atoms with van der Waals surface area (Å²) in [6.07, 6.45) is 14.6. The summed E-state index contributed by atoms with van der Waals surface area (Å²) in [6.45, 7) is 4.65. The molecule has 0 spiro atoms. The normalized spacial score (nSPS) is 19.3. The van der Waals surface area contributed by atoms with Crippen LogP contribution in [0.3, 0.4) is 0 Å². The molecule has 0 heterocycles. The predicted octanol–water partition coefficient (Wildman–Crippen LogP) is 8.35. The van der Waals surface area contributed by atoms with Crippen molar-refractivity contribution < 1.29 is 0 Å². The summed E-state index contributed by atoms with van der Waals surface area (Å²) in [5, 5.41) is 1.74. The molecular weight excluding hydrogens is 470 g/mol. The molecule has 2 aliphatic rings. The summed E-state index contributed by atoms with van der Waals surface area (Å²) in [5.41, 5.74) is 7.92. The molecule has 2 saturated carbocycles. The Hall–Kier alpha value is -0.400. The molecule has 0 bridgehead atoms. The minimum atomic E-state index is -0.0808. The largest absolute Gasteiger partial charge is 0.0683 e. The van der Waals surface area contributed by atoms with Gasteiger partial charge in [0.1, 0.15) is 0 Å². The maximum Gasteiger partial charge on any atom is 0.0211 e. The number of aryl methyl sites for hydroxylation is 2. The number of hydrogen-bond donors (Lipinski definition) is 0. The van der Waals surface area contributed by atoms with E-state index in [-0.39, 0.29) is 7.92 Å². The molecule has 2 aromatic rings. The van der Waals surface area contributed by atoms with Crippen LogP contribution in [0.1, 0.15) is 75.3 Å². The minimum absolute atomic E-state index is 0.0808. The van der Waals surface area contributed by atoms with E-state index in [4.69, 9.17) is 0 Å². The van der Waals surface area contributed by atoms with Gasteiger partial charge in [0.05, 0.1) is 0 Å². The topological polar surface area (TPSA) is 0 Å². The van der Waals surface area contributed by atoms with Gasteiger partial charge in [-0.1, -0.05) is 76.8 Å². The SMILES string of the molecule is Cc1cccc(I)c1-c1c(C)cccc1P(C1CCCCC1)C1CCCCC1. The van der Waals surface area contributed by atoms with Crippen molar-refractivity contribution in [1.29, 1.82) is 0 Å². The van der Waals surface area contributed by atoms with Gasteiger partial charge in [-0.05, 0) is 107 Å². The fraction of sp³-hybridized carbons (Fsp3) is 0.538. The van der Waals surface area contributed by atoms with Gasteiger partial charge in [-0.2, -0.15) is 0 Å². The Morgan fingerprint density at radius 1 is 0.679 bits per heavy atom. The Morgan fingerprint density at radius 3 is 1.71 bits per heavy atom. The van der Waals surface area contributed by atoms with E-state index < -0.39 is 0 Å². The van der Waals surface area contributed by atoms with Crippen LogP contribution in [-0.2, 0) is 0 Å². The van der Waals surface area contributed by atoms with Crippen molar-refractivity contribution in [3.8, 4) is 11.1 Å². The van der Waals surface area contributed by atoms with Crippen molar-refractivity contribution in [2.75, 3.05) is 0 Å². The molecule has 2 aromatic carbocycles. The van der Waals surface area contributed by atoms with Gasteiger partial charge in [0.25, 0.3) is 0 Å². The van der Waals surface area contributed by atoms with Crippen LogP contribution in [0.15, 0.2) is 36.4 Å². The number of hydrogen-bond acceptors (Lipinski definition) is 0. The Labute approximate surface area is 186 Å². The molecule has 28 heavy (non-hydrogen) atoms. The zero-order valence-electron chi connectivity index (χ0n) is 17.5. The molecule has 4 rings (SSSR count). The van der Waals surface area contributed by atoms with E-state index in [1.807, 2.05) is 0 Å². The van der Waals surface area contributed by atoms with Crippen LogP contribution in [0.2, 0.25) is 0 Å². The van der Waals surface area contributed by atoms with Gasteiger partial charge in [0, 0.05) is 3.57 Å². The Morgan fingerprint density at radius 2 is 1.18 bits per heavy atom. The highest BCUT2D eigenvalue weighted by Crippen LogP contribution is 2.56.